The molecule has 2 fully saturated rings. The van der Waals surface area contributed by atoms with E-state index in [1.807, 2.05) is 0 Å². The van der Waals surface area contributed by atoms with E-state index in [-0.39, 0.29) is 10.8 Å². The number of hydrogen-bond acceptors (Lipinski definition) is 4. The molecule has 0 aliphatic carbocycles. The highest BCUT2D eigenvalue weighted by Crippen LogP contribution is 2.25. The normalized spacial score (nSPS) is 22.0. The number of carbonyl (C=O) groups excluding carboxylic acids is 1. The SMILES string of the molecule is CCN1CCCC1CNC(=O)c1cc(S(=O)(=O)N2CCCC2)ccc1Br. The topological polar surface area (TPSA) is 69.7 Å². The van der Waals surface area contributed by atoms with Crippen LogP contribution in [0.15, 0.2) is 27.6 Å². The number of halogens is 1. The molecule has 2 aliphatic heterocycles. The van der Waals surface area contributed by atoms with Crippen molar-refractivity contribution in [1.29, 1.82) is 0 Å². The Balaban J connectivity index is 1.74. The van der Waals surface area contributed by atoms with Gasteiger partial charge in [-0.05, 0) is 72.9 Å². The Labute approximate surface area is 164 Å². The second-order valence-electron chi connectivity index (χ2n) is 6.89. The lowest BCUT2D eigenvalue weighted by Crippen LogP contribution is -2.40. The largest absolute Gasteiger partial charge is 0.350 e. The number of likely N-dealkylation sites (tertiary alicyclic amines) is 1. The van der Waals surface area contributed by atoms with Gasteiger partial charge in [-0.15, -0.1) is 0 Å². The highest BCUT2D eigenvalue weighted by Gasteiger charge is 2.29. The van der Waals surface area contributed by atoms with Gasteiger partial charge < -0.3 is 5.32 Å². The quantitative estimate of drug-likeness (QED) is 0.732. The van der Waals surface area contributed by atoms with Crippen LogP contribution in [0.1, 0.15) is 43.0 Å². The van der Waals surface area contributed by atoms with Crippen molar-refractivity contribution < 1.29 is 13.2 Å². The molecule has 1 aromatic carbocycles. The average Bonchev–Trinajstić information content (AvgIpc) is 3.31. The standard InChI is InChI=1S/C18H26BrN3O3S/c1-2-21-9-5-6-14(21)13-20-18(23)16-12-15(7-8-17(16)19)26(24,25)22-10-3-4-11-22/h7-8,12,14H,2-6,9-11,13H2,1H3,(H,20,23). The number of carbonyl (C=O) groups is 1. The van der Waals surface area contributed by atoms with E-state index >= 15 is 0 Å². The van der Waals surface area contributed by atoms with Crippen molar-refractivity contribution in [3.8, 4) is 0 Å². The number of benzene rings is 1. The Hall–Kier alpha value is -0.960. The third-order valence-corrected chi connectivity index (χ3v) is 7.87. The van der Waals surface area contributed by atoms with Crippen LogP contribution in [0.25, 0.3) is 0 Å². The Kier molecular flexibility index (Phi) is 6.37. The summed E-state index contributed by atoms with van der Waals surface area (Å²) < 4.78 is 27.6. The predicted octanol–water partition coefficient (Wildman–Crippen LogP) is 2.45. The maximum Gasteiger partial charge on any atom is 0.252 e. The molecule has 2 saturated heterocycles. The summed E-state index contributed by atoms with van der Waals surface area (Å²) in [6.07, 6.45) is 4.01. The second-order valence-corrected chi connectivity index (χ2v) is 9.68. The van der Waals surface area contributed by atoms with Crippen molar-refractivity contribution in [1.82, 2.24) is 14.5 Å². The first-order valence-corrected chi connectivity index (χ1v) is 11.5. The highest BCUT2D eigenvalue weighted by molar-refractivity contribution is 9.10. The number of nitrogens with one attached hydrogen (secondary N) is 1. The number of hydrogen-bond donors (Lipinski definition) is 1. The third-order valence-electron chi connectivity index (χ3n) is 5.29. The van der Waals surface area contributed by atoms with Gasteiger partial charge in [-0.25, -0.2) is 8.42 Å². The summed E-state index contributed by atoms with van der Waals surface area (Å²) in [6.45, 7) is 5.87. The van der Waals surface area contributed by atoms with Crippen LogP contribution in [0.3, 0.4) is 0 Å². The molecule has 1 N–H and O–H groups in total. The van der Waals surface area contributed by atoms with Gasteiger partial charge >= 0.3 is 0 Å². The highest BCUT2D eigenvalue weighted by atomic mass is 79.9. The van der Waals surface area contributed by atoms with Crippen molar-refractivity contribution in [3.05, 3.63) is 28.2 Å². The first-order valence-electron chi connectivity index (χ1n) is 9.25. The molecule has 2 heterocycles. The first-order chi connectivity index (χ1) is 12.4. The molecule has 26 heavy (non-hydrogen) atoms. The summed E-state index contributed by atoms with van der Waals surface area (Å²) in [4.78, 5) is 15.2. The third kappa shape index (κ3) is 4.13. The molecule has 0 aromatic heterocycles. The Morgan fingerprint density at radius 2 is 1.96 bits per heavy atom. The summed E-state index contributed by atoms with van der Waals surface area (Å²) in [7, 11) is -3.53. The van der Waals surface area contributed by atoms with Crippen LogP contribution < -0.4 is 5.32 Å². The molecular weight excluding hydrogens is 418 g/mol. The lowest BCUT2D eigenvalue weighted by molar-refractivity contribution is 0.0940. The second kappa shape index (κ2) is 8.37. The van der Waals surface area contributed by atoms with E-state index in [2.05, 4.69) is 33.1 Å². The number of likely N-dealkylation sites (N-methyl/N-ethyl adjacent to an activating group) is 1. The molecule has 0 bridgehead atoms. The van der Waals surface area contributed by atoms with Crippen molar-refractivity contribution in [2.75, 3.05) is 32.7 Å². The van der Waals surface area contributed by atoms with Gasteiger partial charge in [0.2, 0.25) is 10.0 Å². The van der Waals surface area contributed by atoms with Gasteiger partial charge in [-0.2, -0.15) is 4.31 Å². The van der Waals surface area contributed by atoms with Crippen LogP contribution in [0.5, 0.6) is 0 Å². The fraction of sp³-hybridized carbons (Fsp3) is 0.611. The number of sulfonamides is 1. The van der Waals surface area contributed by atoms with Gasteiger partial charge in [-0.1, -0.05) is 6.92 Å². The summed E-state index contributed by atoms with van der Waals surface area (Å²) in [5.74, 6) is -0.238. The zero-order valence-corrected chi connectivity index (χ0v) is 17.5. The molecular formula is C18H26BrN3O3S. The predicted molar refractivity (Wildman–Crippen MR) is 105 cm³/mol. The molecule has 1 atom stereocenters. The fourth-order valence-electron chi connectivity index (χ4n) is 3.76. The van der Waals surface area contributed by atoms with E-state index in [0.717, 1.165) is 38.8 Å². The van der Waals surface area contributed by atoms with Crippen LogP contribution in [0.2, 0.25) is 0 Å². The lowest BCUT2D eigenvalue weighted by atomic mass is 10.2. The number of amides is 1. The molecule has 0 radical (unpaired) electrons. The van der Waals surface area contributed by atoms with Gasteiger partial charge in [0.25, 0.3) is 5.91 Å². The van der Waals surface area contributed by atoms with E-state index in [1.54, 1.807) is 12.1 Å². The summed E-state index contributed by atoms with van der Waals surface area (Å²) >= 11 is 3.38. The van der Waals surface area contributed by atoms with Crippen molar-refractivity contribution >= 4 is 31.9 Å². The molecule has 6 nitrogen and oxygen atoms in total. The average molecular weight is 444 g/mol. The molecule has 8 heteroatoms. The van der Waals surface area contributed by atoms with Crippen molar-refractivity contribution in [2.45, 2.75) is 43.5 Å². The maximum atomic E-state index is 12.7. The molecule has 1 amide bonds. The van der Waals surface area contributed by atoms with E-state index in [1.165, 1.54) is 10.4 Å². The smallest absolute Gasteiger partial charge is 0.252 e. The zero-order chi connectivity index (χ0) is 18.7. The number of nitrogens with zero attached hydrogens (tertiary/aromatic N) is 2. The Bertz CT molecular complexity index is 763. The molecule has 144 valence electrons. The zero-order valence-electron chi connectivity index (χ0n) is 15.1. The maximum absolute atomic E-state index is 12.7. The summed E-state index contributed by atoms with van der Waals surface area (Å²) in [6, 6.07) is 5.05. The minimum absolute atomic E-state index is 0.184. The minimum Gasteiger partial charge on any atom is -0.350 e. The van der Waals surface area contributed by atoms with Gasteiger partial charge in [-0.3, -0.25) is 9.69 Å². The van der Waals surface area contributed by atoms with Gasteiger partial charge in [0.1, 0.15) is 0 Å². The van der Waals surface area contributed by atoms with Crippen LogP contribution >= 0.6 is 15.9 Å². The van der Waals surface area contributed by atoms with Crippen LogP contribution in [0, 0.1) is 0 Å². The molecule has 0 spiro atoms. The van der Waals surface area contributed by atoms with E-state index in [9.17, 15) is 13.2 Å². The monoisotopic (exact) mass is 443 g/mol. The van der Waals surface area contributed by atoms with E-state index < -0.39 is 10.0 Å². The van der Waals surface area contributed by atoms with E-state index in [0.29, 0.717) is 35.7 Å². The molecule has 1 aromatic rings. The van der Waals surface area contributed by atoms with Crippen molar-refractivity contribution in [3.63, 3.8) is 0 Å². The minimum atomic E-state index is -3.53. The molecule has 3 rings (SSSR count). The van der Waals surface area contributed by atoms with Gasteiger partial charge in [0.15, 0.2) is 0 Å². The molecule has 2 aliphatic rings. The number of rotatable bonds is 6. The van der Waals surface area contributed by atoms with Crippen molar-refractivity contribution in [2.24, 2.45) is 0 Å². The van der Waals surface area contributed by atoms with Crippen LogP contribution in [0.4, 0.5) is 0 Å². The molecule has 1 unspecified atom stereocenters. The summed E-state index contributed by atoms with van der Waals surface area (Å²) in [5.41, 5.74) is 0.367. The van der Waals surface area contributed by atoms with E-state index in [4.69, 9.17) is 0 Å². The van der Waals surface area contributed by atoms with Gasteiger partial charge in [0, 0.05) is 30.1 Å². The fourth-order valence-corrected chi connectivity index (χ4v) is 5.74. The lowest BCUT2D eigenvalue weighted by Gasteiger charge is -2.23. The molecule has 0 saturated carbocycles. The van der Waals surface area contributed by atoms with Crippen LogP contribution in [-0.4, -0.2) is 62.3 Å². The Morgan fingerprint density at radius 3 is 2.65 bits per heavy atom. The van der Waals surface area contributed by atoms with Gasteiger partial charge in [0.05, 0.1) is 10.5 Å². The Morgan fingerprint density at radius 1 is 1.23 bits per heavy atom. The first kappa shape index (κ1) is 19.8. The van der Waals surface area contributed by atoms with Crippen LogP contribution in [-0.2, 0) is 10.0 Å². The summed E-state index contributed by atoms with van der Waals surface area (Å²) in [5, 5.41) is 2.98.